The normalized spacial score (nSPS) is 14.9. The highest BCUT2D eigenvalue weighted by Gasteiger charge is 2.43. The van der Waals surface area contributed by atoms with Crippen LogP contribution in [0, 0.1) is 0 Å². The average molecular weight is 502 g/mol. The molecule has 2 heterocycles. The number of benzene rings is 3. The third kappa shape index (κ3) is 4.40. The maximum Gasteiger partial charge on any atom is 0.295 e. The molecule has 5 rings (SSSR count). The van der Waals surface area contributed by atoms with E-state index in [1.807, 2.05) is 48.5 Å². The molecule has 0 fully saturated rings. The number of ether oxygens (including phenoxy) is 1. The zero-order valence-corrected chi connectivity index (χ0v) is 21.2. The van der Waals surface area contributed by atoms with Gasteiger partial charge in [-0.25, -0.2) is 0 Å². The van der Waals surface area contributed by atoms with Crippen LogP contribution < -0.4 is 15.1 Å². The topological polar surface area (TPSA) is 59.8 Å². The summed E-state index contributed by atoms with van der Waals surface area (Å²) >= 11 is 6.19. The third-order valence-corrected chi connectivity index (χ3v) is 6.88. The summed E-state index contributed by atoms with van der Waals surface area (Å²) in [5.41, 5.74) is 3.04. The van der Waals surface area contributed by atoms with Crippen LogP contribution in [0.1, 0.15) is 66.4 Å². The number of hydrogen-bond donors (Lipinski definition) is 0. The molecule has 3 aromatic carbocycles. The van der Waals surface area contributed by atoms with Crippen molar-refractivity contribution in [3.05, 3.63) is 104 Å². The molecule has 1 aliphatic rings. The maximum atomic E-state index is 13.8. The smallest absolute Gasteiger partial charge is 0.295 e. The van der Waals surface area contributed by atoms with Gasteiger partial charge in [-0.15, -0.1) is 0 Å². The average Bonchev–Trinajstić information content (AvgIpc) is 3.19. The highest BCUT2D eigenvalue weighted by atomic mass is 35.5. The van der Waals surface area contributed by atoms with Crippen LogP contribution in [0.3, 0.4) is 0 Å². The molecule has 184 valence electrons. The largest absolute Gasteiger partial charge is 0.494 e. The summed E-state index contributed by atoms with van der Waals surface area (Å²) in [5, 5.41) is 0.791. The first-order chi connectivity index (χ1) is 17.5. The Morgan fingerprint density at radius 2 is 1.78 bits per heavy atom. The lowest BCUT2D eigenvalue weighted by Crippen LogP contribution is -2.29. The number of fused-ring (bicyclic) bond motifs is 2. The van der Waals surface area contributed by atoms with Crippen LogP contribution >= 0.6 is 11.6 Å². The van der Waals surface area contributed by atoms with Crippen LogP contribution in [0.15, 0.2) is 75.9 Å². The fraction of sp³-hybridized carbons (Fsp3) is 0.267. The number of nitrogens with zero attached hydrogens (tertiary/aromatic N) is 1. The number of hydrogen-bond acceptors (Lipinski definition) is 4. The molecule has 0 saturated heterocycles. The predicted molar refractivity (Wildman–Crippen MR) is 143 cm³/mol. The van der Waals surface area contributed by atoms with Crippen LogP contribution in [-0.2, 0) is 6.42 Å². The van der Waals surface area contributed by atoms with E-state index >= 15 is 0 Å². The number of amides is 1. The van der Waals surface area contributed by atoms with Crippen molar-refractivity contribution >= 4 is 34.2 Å². The molecule has 36 heavy (non-hydrogen) atoms. The lowest BCUT2D eigenvalue weighted by Gasteiger charge is -2.25. The highest BCUT2D eigenvalue weighted by Crippen LogP contribution is 2.42. The summed E-state index contributed by atoms with van der Waals surface area (Å²) in [6.07, 6.45) is 4.07. The van der Waals surface area contributed by atoms with Crippen molar-refractivity contribution in [2.75, 3.05) is 11.5 Å². The Morgan fingerprint density at radius 3 is 2.53 bits per heavy atom. The van der Waals surface area contributed by atoms with Crippen LogP contribution in [0.2, 0.25) is 5.02 Å². The van der Waals surface area contributed by atoms with E-state index in [0.29, 0.717) is 39.6 Å². The van der Waals surface area contributed by atoms with E-state index in [4.69, 9.17) is 20.8 Å². The lowest BCUT2D eigenvalue weighted by atomic mass is 9.98. The quantitative estimate of drug-likeness (QED) is 0.237. The minimum Gasteiger partial charge on any atom is -0.494 e. The Labute approximate surface area is 215 Å². The maximum absolute atomic E-state index is 13.8. The van der Waals surface area contributed by atoms with Crippen molar-refractivity contribution in [2.45, 2.75) is 45.6 Å². The Balaban J connectivity index is 1.66. The van der Waals surface area contributed by atoms with E-state index in [-0.39, 0.29) is 17.1 Å². The van der Waals surface area contributed by atoms with Gasteiger partial charge in [0.25, 0.3) is 5.91 Å². The summed E-state index contributed by atoms with van der Waals surface area (Å²) in [7, 11) is 0. The number of aryl methyl sites for hydroxylation is 1. The van der Waals surface area contributed by atoms with Gasteiger partial charge < -0.3 is 9.15 Å². The molecule has 1 atom stereocenters. The number of anilines is 1. The molecule has 0 bridgehead atoms. The van der Waals surface area contributed by atoms with Gasteiger partial charge in [-0.1, -0.05) is 62.6 Å². The Hall–Kier alpha value is -3.57. The minimum absolute atomic E-state index is 0.0636. The van der Waals surface area contributed by atoms with Crippen molar-refractivity contribution in [1.82, 2.24) is 0 Å². The highest BCUT2D eigenvalue weighted by molar-refractivity contribution is 6.31. The summed E-state index contributed by atoms with van der Waals surface area (Å²) in [4.78, 5) is 29.2. The SMILES string of the molecule is CCCCCOc1cccc(C2c3c(oc4ccc(Cl)cc4c3=O)C(=O)N2c2ccc(CC)cc2)c1. The Bertz CT molecular complexity index is 1480. The molecule has 6 heteroatoms. The summed E-state index contributed by atoms with van der Waals surface area (Å²) in [6.45, 7) is 4.85. The number of rotatable bonds is 8. The first kappa shape index (κ1) is 24.1. The van der Waals surface area contributed by atoms with Crippen molar-refractivity contribution in [2.24, 2.45) is 0 Å². The zero-order chi connectivity index (χ0) is 25.2. The standard InChI is InChI=1S/C30H28ClNO4/c1-3-5-6-16-35-23-9-7-8-20(17-23)27-26-28(33)24-18-21(31)12-15-25(24)36-29(26)30(34)32(27)22-13-10-19(4-2)11-14-22/h7-15,17-18,27H,3-6,16H2,1-2H3. The first-order valence-corrected chi connectivity index (χ1v) is 12.8. The predicted octanol–water partition coefficient (Wildman–Crippen LogP) is 7.33. The molecule has 1 aromatic heterocycles. The van der Waals surface area contributed by atoms with Crippen LogP contribution in [0.5, 0.6) is 5.75 Å². The molecule has 5 nitrogen and oxygen atoms in total. The molecular weight excluding hydrogens is 474 g/mol. The summed E-state index contributed by atoms with van der Waals surface area (Å²) < 4.78 is 12.0. The van der Waals surface area contributed by atoms with Gasteiger partial charge in [-0.2, -0.15) is 0 Å². The van der Waals surface area contributed by atoms with E-state index < -0.39 is 6.04 Å². The number of halogens is 1. The zero-order valence-electron chi connectivity index (χ0n) is 20.4. The molecule has 1 unspecified atom stereocenters. The fourth-order valence-corrected chi connectivity index (χ4v) is 4.91. The second-order valence-electron chi connectivity index (χ2n) is 9.04. The lowest BCUT2D eigenvalue weighted by molar-refractivity contribution is 0.0971. The van der Waals surface area contributed by atoms with E-state index in [1.165, 1.54) is 0 Å². The molecule has 0 N–H and O–H groups in total. The summed E-state index contributed by atoms with van der Waals surface area (Å²) in [6, 6.07) is 19.7. The van der Waals surface area contributed by atoms with Crippen molar-refractivity contribution in [3.63, 3.8) is 0 Å². The number of carbonyl (C=O) groups excluding carboxylic acids is 1. The molecule has 1 amide bonds. The van der Waals surface area contributed by atoms with E-state index in [9.17, 15) is 9.59 Å². The van der Waals surface area contributed by atoms with Gasteiger partial charge in [0.15, 0.2) is 5.43 Å². The number of carbonyl (C=O) groups is 1. The van der Waals surface area contributed by atoms with Crippen LogP contribution in [0.25, 0.3) is 11.0 Å². The third-order valence-electron chi connectivity index (χ3n) is 6.65. The van der Waals surface area contributed by atoms with E-state index in [1.54, 1.807) is 23.1 Å². The van der Waals surface area contributed by atoms with Gasteiger partial charge in [0.2, 0.25) is 5.76 Å². The van der Waals surface area contributed by atoms with Crippen molar-refractivity contribution < 1.29 is 13.9 Å². The van der Waals surface area contributed by atoms with E-state index in [0.717, 1.165) is 36.8 Å². The minimum atomic E-state index is -0.654. The monoisotopic (exact) mass is 501 g/mol. The van der Waals surface area contributed by atoms with Gasteiger partial charge in [-0.05, 0) is 66.4 Å². The van der Waals surface area contributed by atoms with Gasteiger partial charge in [0.1, 0.15) is 11.3 Å². The van der Waals surface area contributed by atoms with E-state index in [2.05, 4.69) is 13.8 Å². The molecule has 1 aliphatic heterocycles. The van der Waals surface area contributed by atoms with Crippen LogP contribution in [-0.4, -0.2) is 12.5 Å². The van der Waals surface area contributed by atoms with Gasteiger partial charge in [-0.3, -0.25) is 14.5 Å². The fourth-order valence-electron chi connectivity index (χ4n) is 4.74. The first-order valence-electron chi connectivity index (χ1n) is 12.4. The second kappa shape index (κ2) is 10.2. The second-order valence-corrected chi connectivity index (χ2v) is 9.48. The molecule has 0 saturated carbocycles. The van der Waals surface area contributed by atoms with Crippen LogP contribution in [0.4, 0.5) is 5.69 Å². The molecule has 0 radical (unpaired) electrons. The van der Waals surface area contributed by atoms with Gasteiger partial charge in [0.05, 0.1) is 23.6 Å². The van der Waals surface area contributed by atoms with Crippen molar-refractivity contribution in [1.29, 1.82) is 0 Å². The summed E-state index contributed by atoms with van der Waals surface area (Å²) in [5.74, 6) is 0.426. The van der Waals surface area contributed by atoms with Gasteiger partial charge >= 0.3 is 0 Å². The molecule has 0 aliphatic carbocycles. The molecule has 0 spiro atoms. The number of unbranched alkanes of at least 4 members (excludes halogenated alkanes) is 2. The Kier molecular flexibility index (Phi) is 6.84. The molecule has 4 aromatic rings. The van der Waals surface area contributed by atoms with Gasteiger partial charge in [0, 0.05) is 10.7 Å². The van der Waals surface area contributed by atoms with Crippen molar-refractivity contribution in [3.8, 4) is 5.75 Å². The molecular formula is C30H28ClNO4. The Morgan fingerprint density at radius 1 is 0.972 bits per heavy atom.